The van der Waals surface area contributed by atoms with E-state index < -0.39 is 0 Å². The van der Waals surface area contributed by atoms with Crippen LogP contribution >= 0.6 is 0 Å². The molecule has 0 radical (unpaired) electrons. The lowest BCUT2D eigenvalue weighted by Crippen LogP contribution is -2.36. The number of rotatable bonds is 6. The number of nitrogens with one attached hydrogen (secondary N) is 2. The van der Waals surface area contributed by atoms with Crippen molar-refractivity contribution >= 4 is 0 Å². The van der Waals surface area contributed by atoms with E-state index >= 15 is 0 Å². The molecule has 1 atom stereocenters. The van der Waals surface area contributed by atoms with Gasteiger partial charge in [0, 0.05) is 43.1 Å². The van der Waals surface area contributed by atoms with Gasteiger partial charge in [-0.05, 0) is 19.8 Å². The van der Waals surface area contributed by atoms with Crippen LogP contribution < -0.4 is 10.6 Å². The first-order chi connectivity index (χ1) is 7.34. The van der Waals surface area contributed by atoms with Crippen LogP contribution in [0.15, 0.2) is 18.7 Å². The third-order valence-electron chi connectivity index (χ3n) is 2.56. The Morgan fingerprint density at radius 3 is 2.80 bits per heavy atom. The molecule has 2 rings (SSSR count). The van der Waals surface area contributed by atoms with Crippen molar-refractivity contribution in [1.29, 1.82) is 0 Å². The molecule has 1 aliphatic carbocycles. The van der Waals surface area contributed by atoms with E-state index in [1.165, 1.54) is 12.8 Å². The standard InChI is InChI=1S/C11H18N4/c1-9(4-15-11-2-3-11)14-7-10-5-12-8-13-6-10/h5-6,8-9,11,14-15H,2-4,7H2,1H3. The maximum Gasteiger partial charge on any atom is 0.115 e. The number of hydrogen-bond donors (Lipinski definition) is 2. The average Bonchev–Trinajstić information content (AvgIpc) is 3.09. The van der Waals surface area contributed by atoms with Crippen LogP contribution in [0, 0.1) is 0 Å². The van der Waals surface area contributed by atoms with Crippen LogP contribution in [0.5, 0.6) is 0 Å². The third-order valence-corrected chi connectivity index (χ3v) is 2.56. The largest absolute Gasteiger partial charge is 0.312 e. The third kappa shape index (κ3) is 3.93. The van der Waals surface area contributed by atoms with Crippen molar-refractivity contribution in [3.05, 3.63) is 24.3 Å². The highest BCUT2D eigenvalue weighted by Gasteiger charge is 2.20. The van der Waals surface area contributed by atoms with Gasteiger partial charge in [0.05, 0.1) is 0 Å². The van der Waals surface area contributed by atoms with Gasteiger partial charge in [-0.25, -0.2) is 9.97 Å². The van der Waals surface area contributed by atoms with E-state index in [2.05, 4.69) is 27.5 Å². The number of nitrogens with zero attached hydrogens (tertiary/aromatic N) is 2. The van der Waals surface area contributed by atoms with E-state index in [9.17, 15) is 0 Å². The second-order valence-corrected chi connectivity index (χ2v) is 4.21. The van der Waals surface area contributed by atoms with Crippen LogP contribution in [0.25, 0.3) is 0 Å². The van der Waals surface area contributed by atoms with E-state index in [0.717, 1.165) is 24.7 Å². The second-order valence-electron chi connectivity index (χ2n) is 4.21. The fraction of sp³-hybridized carbons (Fsp3) is 0.636. The fourth-order valence-corrected chi connectivity index (χ4v) is 1.42. The Kier molecular flexibility index (Phi) is 3.64. The highest BCUT2D eigenvalue weighted by Crippen LogP contribution is 2.18. The molecule has 0 amide bonds. The SMILES string of the molecule is CC(CNC1CC1)NCc1cncnc1. The average molecular weight is 206 g/mol. The Morgan fingerprint density at radius 2 is 2.13 bits per heavy atom. The molecule has 1 fully saturated rings. The number of aromatic nitrogens is 2. The van der Waals surface area contributed by atoms with Crippen molar-refractivity contribution < 1.29 is 0 Å². The molecule has 4 heteroatoms. The monoisotopic (exact) mass is 206 g/mol. The minimum atomic E-state index is 0.491. The summed E-state index contributed by atoms with van der Waals surface area (Å²) in [4.78, 5) is 7.96. The van der Waals surface area contributed by atoms with Crippen molar-refractivity contribution in [2.45, 2.75) is 38.4 Å². The van der Waals surface area contributed by atoms with Crippen molar-refractivity contribution in [3.63, 3.8) is 0 Å². The summed E-state index contributed by atoms with van der Waals surface area (Å²) in [6, 6.07) is 1.28. The summed E-state index contributed by atoms with van der Waals surface area (Å²) in [5.74, 6) is 0. The zero-order valence-corrected chi connectivity index (χ0v) is 9.11. The van der Waals surface area contributed by atoms with Gasteiger partial charge in [-0.1, -0.05) is 0 Å². The molecule has 2 N–H and O–H groups in total. The first-order valence-electron chi connectivity index (χ1n) is 5.55. The number of hydrogen-bond acceptors (Lipinski definition) is 4. The fourth-order valence-electron chi connectivity index (χ4n) is 1.42. The van der Waals surface area contributed by atoms with Gasteiger partial charge in [-0.2, -0.15) is 0 Å². The summed E-state index contributed by atoms with van der Waals surface area (Å²) < 4.78 is 0. The highest BCUT2D eigenvalue weighted by atomic mass is 15.0. The van der Waals surface area contributed by atoms with Crippen LogP contribution in [-0.4, -0.2) is 28.6 Å². The van der Waals surface area contributed by atoms with E-state index in [1.807, 2.05) is 12.4 Å². The Labute approximate surface area is 90.5 Å². The zero-order chi connectivity index (χ0) is 10.5. The Bertz CT molecular complexity index is 284. The van der Waals surface area contributed by atoms with E-state index in [0.29, 0.717) is 6.04 Å². The molecule has 1 unspecified atom stereocenters. The lowest BCUT2D eigenvalue weighted by atomic mass is 10.3. The molecule has 15 heavy (non-hydrogen) atoms. The molecule has 1 heterocycles. The molecule has 0 aliphatic heterocycles. The van der Waals surface area contributed by atoms with Crippen molar-refractivity contribution in [2.75, 3.05) is 6.54 Å². The molecule has 0 aromatic carbocycles. The van der Waals surface area contributed by atoms with Crippen LogP contribution in [0.2, 0.25) is 0 Å². The highest BCUT2D eigenvalue weighted by molar-refractivity contribution is 5.01. The van der Waals surface area contributed by atoms with E-state index in [4.69, 9.17) is 0 Å². The van der Waals surface area contributed by atoms with Crippen LogP contribution in [0.4, 0.5) is 0 Å². The molecule has 1 aliphatic rings. The normalized spacial score (nSPS) is 17.7. The van der Waals surface area contributed by atoms with Gasteiger partial charge in [0.15, 0.2) is 0 Å². The minimum absolute atomic E-state index is 0.491. The van der Waals surface area contributed by atoms with Crippen LogP contribution in [0.3, 0.4) is 0 Å². The molecular formula is C11H18N4. The Balaban J connectivity index is 1.63. The molecule has 0 saturated heterocycles. The van der Waals surface area contributed by atoms with Crippen molar-refractivity contribution in [3.8, 4) is 0 Å². The first kappa shape index (κ1) is 10.5. The second kappa shape index (κ2) is 5.19. The van der Waals surface area contributed by atoms with Crippen molar-refractivity contribution in [2.24, 2.45) is 0 Å². The van der Waals surface area contributed by atoms with Gasteiger partial charge in [0.1, 0.15) is 6.33 Å². The molecule has 82 valence electrons. The summed E-state index contributed by atoms with van der Waals surface area (Å²) in [6.45, 7) is 4.08. The van der Waals surface area contributed by atoms with Gasteiger partial charge in [0.2, 0.25) is 0 Å². The molecule has 1 aromatic heterocycles. The van der Waals surface area contributed by atoms with Crippen molar-refractivity contribution in [1.82, 2.24) is 20.6 Å². The van der Waals surface area contributed by atoms with Crippen LogP contribution in [0.1, 0.15) is 25.3 Å². The summed E-state index contributed by atoms with van der Waals surface area (Å²) >= 11 is 0. The lowest BCUT2D eigenvalue weighted by molar-refractivity contribution is 0.499. The zero-order valence-electron chi connectivity index (χ0n) is 9.11. The quantitative estimate of drug-likeness (QED) is 0.719. The lowest BCUT2D eigenvalue weighted by Gasteiger charge is -2.14. The Hall–Kier alpha value is -1.00. The predicted octanol–water partition coefficient (Wildman–Crippen LogP) is 0.707. The van der Waals surface area contributed by atoms with Gasteiger partial charge < -0.3 is 10.6 Å². The van der Waals surface area contributed by atoms with Gasteiger partial charge in [0.25, 0.3) is 0 Å². The smallest absolute Gasteiger partial charge is 0.115 e. The van der Waals surface area contributed by atoms with E-state index in [1.54, 1.807) is 6.33 Å². The Morgan fingerprint density at radius 1 is 1.40 bits per heavy atom. The first-order valence-corrected chi connectivity index (χ1v) is 5.55. The van der Waals surface area contributed by atoms with Gasteiger partial charge in [-0.3, -0.25) is 0 Å². The van der Waals surface area contributed by atoms with E-state index in [-0.39, 0.29) is 0 Å². The minimum Gasteiger partial charge on any atom is -0.312 e. The molecular weight excluding hydrogens is 188 g/mol. The predicted molar refractivity (Wildman–Crippen MR) is 59.4 cm³/mol. The van der Waals surface area contributed by atoms with Gasteiger partial charge >= 0.3 is 0 Å². The summed E-state index contributed by atoms with van der Waals surface area (Å²) in [6.07, 6.45) is 7.95. The topological polar surface area (TPSA) is 49.8 Å². The summed E-state index contributed by atoms with van der Waals surface area (Å²) in [5.41, 5.74) is 1.13. The van der Waals surface area contributed by atoms with Gasteiger partial charge in [-0.15, -0.1) is 0 Å². The molecule has 1 aromatic rings. The molecule has 0 bridgehead atoms. The molecule has 4 nitrogen and oxygen atoms in total. The summed E-state index contributed by atoms with van der Waals surface area (Å²) in [7, 11) is 0. The summed E-state index contributed by atoms with van der Waals surface area (Å²) in [5, 5.41) is 6.94. The maximum absolute atomic E-state index is 3.98. The molecule has 0 spiro atoms. The van der Waals surface area contributed by atoms with Crippen LogP contribution in [-0.2, 0) is 6.54 Å². The maximum atomic E-state index is 3.98. The molecule has 1 saturated carbocycles.